The van der Waals surface area contributed by atoms with Crippen LogP contribution < -0.4 is 0 Å². The number of halogens is 1. The number of carbonyl (C=O) groups excluding carboxylic acids is 1. The highest BCUT2D eigenvalue weighted by molar-refractivity contribution is 9.09. The Labute approximate surface area is 133 Å². The fraction of sp³-hybridized carbons (Fsp3) is 0.800. The highest BCUT2D eigenvalue weighted by Gasteiger charge is 2.49. The molecule has 1 heterocycles. The summed E-state index contributed by atoms with van der Waals surface area (Å²) in [5, 5.41) is 10.5. The van der Waals surface area contributed by atoms with Gasteiger partial charge in [0.05, 0.1) is 12.7 Å². The third-order valence-corrected chi connectivity index (χ3v) is 4.55. The lowest BCUT2D eigenvalue weighted by atomic mass is 9.94. The predicted molar refractivity (Wildman–Crippen MR) is 81.1 cm³/mol. The summed E-state index contributed by atoms with van der Waals surface area (Å²) in [6.07, 6.45) is 6.40. The van der Waals surface area contributed by atoms with Crippen LogP contribution in [0.15, 0.2) is 12.2 Å². The Balaban J connectivity index is 2.06. The van der Waals surface area contributed by atoms with Crippen molar-refractivity contribution >= 4 is 21.9 Å². The number of rotatable bonds is 5. The van der Waals surface area contributed by atoms with Crippen LogP contribution in [0.25, 0.3) is 0 Å². The SMILES string of the molecule is CCOC(=O)/C=C/[C@@H]1OC2(CCCCC2)O[C@@H]1[C@H](O)CBr. The molecule has 5 nitrogen and oxygen atoms in total. The van der Waals surface area contributed by atoms with Crippen molar-refractivity contribution in [2.75, 3.05) is 11.9 Å². The summed E-state index contributed by atoms with van der Waals surface area (Å²) in [4.78, 5) is 11.4. The van der Waals surface area contributed by atoms with Gasteiger partial charge in [-0.25, -0.2) is 4.79 Å². The maximum absolute atomic E-state index is 11.4. The minimum Gasteiger partial charge on any atom is -0.463 e. The normalized spacial score (nSPS) is 29.9. The summed E-state index contributed by atoms with van der Waals surface area (Å²) in [6, 6.07) is 0. The number of alkyl halides is 1. The Kier molecular flexibility index (Phi) is 6.22. The first-order valence-electron chi connectivity index (χ1n) is 7.55. The van der Waals surface area contributed by atoms with Crippen LogP contribution in [0.2, 0.25) is 0 Å². The van der Waals surface area contributed by atoms with Gasteiger partial charge in [0.15, 0.2) is 5.79 Å². The molecule has 1 saturated carbocycles. The van der Waals surface area contributed by atoms with Crippen LogP contribution in [0.5, 0.6) is 0 Å². The summed E-state index contributed by atoms with van der Waals surface area (Å²) in [6.45, 7) is 2.10. The Morgan fingerprint density at radius 1 is 1.43 bits per heavy atom. The number of hydrogen-bond acceptors (Lipinski definition) is 5. The molecule has 0 bridgehead atoms. The van der Waals surface area contributed by atoms with Crippen LogP contribution in [-0.2, 0) is 19.0 Å². The molecule has 6 heteroatoms. The molecule has 3 atom stereocenters. The summed E-state index contributed by atoms with van der Waals surface area (Å²) in [7, 11) is 0. The van der Waals surface area contributed by atoms with Crippen molar-refractivity contribution in [2.45, 2.75) is 63.1 Å². The van der Waals surface area contributed by atoms with Gasteiger partial charge in [-0.15, -0.1) is 0 Å². The lowest BCUT2D eigenvalue weighted by Gasteiger charge is -2.32. The molecule has 0 amide bonds. The standard InChI is InChI=1S/C15H23BrO5/c1-2-19-13(18)7-6-12-14(11(17)10-16)21-15(20-12)8-4-3-5-9-15/h6-7,11-12,14,17H,2-5,8-10H2,1H3/b7-6+/t11-,12+,14-/m1/s1. The highest BCUT2D eigenvalue weighted by atomic mass is 79.9. The predicted octanol–water partition coefficient (Wildman–Crippen LogP) is 2.31. The van der Waals surface area contributed by atoms with Gasteiger partial charge >= 0.3 is 5.97 Å². The van der Waals surface area contributed by atoms with Crippen LogP contribution in [0.4, 0.5) is 0 Å². The topological polar surface area (TPSA) is 65.0 Å². The lowest BCUT2D eigenvalue weighted by Crippen LogP contribution is -2.37. The second-order valence-corrected chi connectivity index (χ2v) is 6.12. The van der Waals surface area contributed by atoms with Crippen LogP contribution >= 0.6 is 15.9 Å². The molecule has 2 rings (SSSR count). The average molecular weight is 363 g/mol. The smallest absolute Gasteiger partial charge is 0.330 e. The maximum atomic E-state index is 11.4. The second kappa shape index (κ2) is 7.72. The van der Waals surface area contributed by atoms with E-state index in [0.717, 1.165) is 25.7 Å². The second-order valence-electron chi connectivity index (χ2n) is 5.47. The Hall–Kier alpha value is -0.430. The zero-order valence-corrected chi connectivity index (χ0v) is 13.9. The van der Waals surface area contributed by atoms with Gasteiger partial charge in [-0.2, -0.15) is 0 Å². The molecule has 2 aliphatic rings. The molecule has 0 aromatic carbocycles. The van der Waals surface area contributed by atoms with Gasteiger partial charge in [0.25, 0.3) is 0 Å². The number of hydrogen-bond donors (Lipinski definition) is 1. The van der Waals surface area contributed by atoms with Crippen LogP contribution in [0.1, 0.15) is 39.0 Å². The molecular formula is C15H23BrO5. The first-order chi connectivity index (χ1) is 10.1. The quantitative estimate of drug-likeness (QED) is 0.461. The molecule has 120 valence electrons. The molecule has 0 unspecified atom stereocenters. The number of aliphatic hydroxyl groups excluding tert-OH is 1. The van der Waals surface area contributed by atoms with Crippen molar-refractivity contribution in [1.82, 2.24) is 0 Å². The van der Waals surface area contributed by atoms with Gasteiger partial charge in [0.2, 0.25) is 0 Å². The van der Waals surface area contributed by atoms with Gasteiger partial charge in [0.1, 0.15) is 12.2 Å². The van der Waals surface area contributed by atoms with Crippen molar-refractivity contribution in [3.05, 3.63) is 12.2 Å². The van der Waals surface area contributed by atoms with Crippen LogP contribution in [-0.4, -0.2) is 47.1 Å². The van der Waals surface area contributed by atoms with E-state index in [1.165, 1.54) is 12.5 Å². The van der Waals surface area contributed by atoms with Crippen molar-refractivity contribution in [2.24, 2.45) is 0 Å². The lowest BCUT2D eigenvalue weighted by molar-refractivity contribution is -0.197. The Morgan fingerprint density at radius 2 is 2.14 bits per heavy atom. The van der Waals surface area contributed by atoms with E-state index in [2.05, 4.69) is 15.9 Å². The van der Waals surface area contributed by atoms with Gasteiger partial charge < -0.3 is 19.3 Å². The van der Waals surface area contributed by atoms with E-state index in [9.17, 15) is 9.90 Å². The van der Waals surface area contributed by atoms with E-state index in [4.69, 9.17) is 14.2 Å². The first kappa shape index (κ1) is 16.9. The Morgan fingerprint density at radius 3 is 2.76 bits per heavy atom. The van der Waals surface area contributed by atoms with Crippen molar-refractivity contribution in [3.63, 3.8) is 0 Å². The van der Waals surface area contributed by atoms with Gasteiger partial charge in [-0.05, 0) is 25.8 Å². The number of ether oxygens (including phenoxy) is 3. The molecule has 1 saturated heterocycles. The molecule has 1 N–H and O–H groups in total. The zero-order valence-electron chi connectivity index (χ0n) is 12.3. The third-order valence-electron chi connectivity index (χ3n) is 3.89. The first-order valence-corrected chi connectivity index (χ1v) is 8.67. The van der Waals surface area contributed by atoms with Crippen LogP contribution in [0.3, 0.4) is 0 Å². The number of carbonyl (C=O) groups is 1. The highest BCUT2D eigenvalue weighted by Crippen LogP contribution is 2.41. The van der Waals surface area contributed by atoms with Gasteiger partial charge in [0, 0.05) is 24.2 Å². The van der Waals surface area contributed by atoms with Gasteiger partial charge in [-0.3, -0.25) is 0 Å². The Bertz CT molecular complexity index is 378. The van der Waals surface area contributed by atoms with Crippen molar-refractivity contribution < 1.29 is 24.1 Å². The number of esters is 1. The summed E-state index contributed by atoms with van der Waals surface area (Å²) in [5.74, 6) is -1.01. The van der Waals surface area contributed by atoms with E-state index < -0.39 is 30.1 Å². The molecule has 0 aromatic rings. The molecule has 2 fully saturated rings. The largest absolute Gasteiger partial charge is 0.463 e. The zero-order chi connectivity index (χ0) is 15.3. The molecule has 1 aliphatic carbocycles. The van der Waals surface area contributed by atoms with E-state index in [1.54, 1.807) is 13.0 Å². The summed E-state index contributed by atoms with van der Waals surface area (Å²) >= 11 is 3.27. The maximum Gasteiger partial charge on any atom is 0.330 e. The monoisotopic (exact) mass is 362 g/mol. The van der Waals surface area contributed by atoms with Gasteiger partial charge in [-0.1, -0.05) is 22.4 Å². The van der Waals surface area contributed by atoms with E-state index in [-0.39, 0.29) is 0 Å². The minimum absolute atomic E-state index is 0.336. The summed E-state index contributed by atoms with van der Waals surface area (Å²) in [5.41, 5.74) is 0. The molecule has 0 radical (unpaired) electrons. The molecule has 21 heavy (non-hydrogen) atoms. The molecule has 1 spiro atoms. The molecule has 1 aliphatic heterocycles. The van der Waals surface area contributed by atoms with E-state index >= 15 is 0 Å². The molecule has 0 aromatic heterocycles. The van der Waals surface area contributed by atoms with E-state index in [0.29, 0.717) is 11.9 Å². The number of aliphatic hydroxyl groups is 1. The van der Waals surface area contributed by atoms with Crippen LogP contribution in [0, 0.1) is 0 Å². The fourth-order valence-corrected chi connectivity index (χ4v) is 3.25. The fourth-order valence-electron chi connectivity index (χ4n) is 2.88. The van der Waals surface area contributed by atoms with Crippen molar-refractivity contribution in [3.8, 4) is 0 Å². The average Bonchev–Trinajstić information content (AvgIpc) is 2.84. The molecular weight excluding hydrogens is 340 g/mol. The van der Waals surface area contributed by atoms with Crippen molar-refractivity contribution in [1.29, 1.82) is 0 Å². The minimum atomic E-state index is -0.678. The van der Waals surface area contributed by atoms with E-state index in [1.807, 2.05) is 0 Å². The summed E-state index contributed by atoms with van der Waals surface area (Å²) < 4.78 is 17.0. The third kappa shape index (κ3) is 4.28.